The van der Waals surface area contributed by atoms with E-state index < -0.39 is 12.0 Å². The first-order chi connectivity index (χ1) is 10.0. The molecule has 0 aliphatic rings. The first-order valence-electron chi connectivity index (χ1n) is 5.93. The third-order valence-electron chi connectivity index (χ3n) is 2.47. The highest BCUT2D eigenvalue weighted by Crippen LogP contribution is 2.24. The lowest BCUT2D eigenvalue weighted by Gasteiger charge is -2.09. The fourth-order valence-corrected chi connectivity index (χ4v) is 2.47. The van der Waals surface area contributed by atoms with E-state index in [1.54, 1.807) is 6.07 Å². The lowest BCUT2D eigenvalue weighted by Crippen LogP contribution is -2.21. The number of amides is 2. The maximum absolute atomic E-state index is 11.8. The average Bonchev–Trinajstić information content (AvgIpc) is 2.85. The number of anilines is 2. The minimum atomic E-state index is -1.22. The highest BCUT2D eigenvalue weighted by Gasteiger charge is 2.16. The van der Waals surface area contributed by atoms with Crippen molar-refractivity contribution in [2.45, 2.75) is 13.3 Å². The molecule has 1 aromatic carbocycles. The highest BCUT2D eigenvalue weighted by atomic mass is 35.5. The average molecular weight is 327 g/mol. The summed E-state index contributed by atoms with van der Waals surface area (Å²) in [5.41, 5.74) is -0.0615. The number of aromatic nitrogens is 2. The number of urea groups is 1. The van der Waals surface area contributed by atoms with E-state index in [4.69, 9.17) is 16.7 Å². The van der Waals surface area contributed by atoms with Gasteiger partial charge in [-0.25, -0.2) is 9.59 Å². The van der Waals surface area contributed by atoms with Crippen LogP contribution in [0.3, 0.4) is 0 Å². The molecule has 0 spiro atoms. The second-order valence-corrected chi connectivity index (χ2v) is 5.37. The molecule has 3 N–H and O–H groups in total. The molecule has 1 aromatic heterocycles. The van der Waals surface area contributed by atoms with Crippen LogP contribution in [0.15, 0.2) is 18.2 Å². The molecule has 0 aliphatic heterocycles. The Balaban J connectivity index is 2.13. The summed E-state index contributed by atoms with van der Waals surface area (Å²) in [6.45, 7) is 1.93. The number of carboxylic acids is 1. The van der Waals surface area contributed by atoms with Gasteiger partial charge in [-0.2, -0.15) is 0 Å². The van der Waals surface area contributed by atoms with Gasteiger partial charge in [-0.05, 0) is 18.6 Å². The van der Waals surface area contributed by atoms with Gasteiger partial charge in [0.05, 0.1) is 10.7 Å². The fraction of sp³-hybridized carbons (Fsp3) is 0.167. The Kier molecular flexibility index (Phi) is 4.71. The van der Waals surface area contributed by atoms with Crippen LogP contribution >= 0.6 is 22.9 Å². The van der Waals surface area contributed by atoms with Crippen molar-refractivity contribution in [2.75, 3.05) is 10.6 Å². The smallest absolute Gasteiger partial charge is 0.339 e. The Bertz CT molecular complexity index is 689. The Morgan fingerprint density at radius 1 is 1.33 bits per heavy atom. The highest BCUT2D eigenvalue weighted by molar-refractivity contribution is 7.15. The molecule has 0 fully saturated rings. The molecule has 0 unspecified atom stereocenters. The number of carboxylic acid groups (broad SMARTS) is 1. The topological polar surface area (TPSA) is 104 Å². The Morgan fingerprint density at radius 2 is 2.10 bits per heavy atom. The summed E-state index contributed by atoms with van der Waals surface area (Å²) >= 11 is 7.07. The number of benzene rings is 1. The molecule has 110 valence electrons. The van der Waals surface area contributed by atoms with Crippen molar-refractivity contribution in [2.24, 2.45) is 0 Å². The minimum absolute atomic E-state index is 0.0458. The summed E-state index contributed by atoms with van der Waals surface area (Å²) in [5.74, 6) is -1.22. The summed E-state index contributed by atoms with van der Waals surface area (Å²) in [5, 5.41) is 22.9. The predicted molar refractivity (Wildman–Crippen MR) is 80.3 cm³/mol. The molecule has 0 saturated carbocycles. The van der Waals surface area contributed by atoms with Crippen molar-refractivity contribution in [3.8, 4) is 0 Å². The second kappa shape index (κ2) is 6.51. The second-order valence-electron chi connectivity index (χ2n) is 3.90. The van der Waals surface area contributed by atoms with Crippen LogP contribution in [-0.4, -0.2) is 27.3 Å². The number of hydrogen-bond donors (Lipinski definition) is 3. The number of aromatic carboxylic acids is 1. The molecule has 9 heteroatoms. The number of carbonyl (C=O) groups excluding carboxylic acids is 1. The zero-order valence-corrected chi connectivity index (χ0v) is 12.5. The number of carbonyl (C=O) groups is 2. The van der Waals surface area contributed by atoms with Gasteiger partial charge in [0.1, 0.15) is 10.6 Å². The lowest BCUT2D eigenvalue weighted by molar-refractivity contribution is 0.0698. The van der Waals surface area contributed by atoms with E-state index in [0.29, 0.717) is 5.13 Å². The Labute approximate surface area is 129 Å². The van der Waals surface area contributed by atoms with Crippen LogP contribution in [0.1, 0.15) is 22.3 Å². The van der Waals surface area contributed by atoms with Crippen LogP contribution in [0, 0.1) is 0 Å². The van der Waals surface area contributed by atoms with Crippen molar-refractivity contribution >= 4 is 45.8 Å². The van der Waals surface area contributed by atoms with E-state index in [9.17, 15) is 9.59 Å². The van der Waals surface area contributed by atoms with Gasteiger partial charge in [0.25, 0.3) is 0 Å². The van der Waals surface area contributed by atoms with Gasteiger partial charge in [-0.3, -0.25) is 5.32 Å². The molecular formula is C12H11ClN4O3S. The molecule has 0 atom stereocenters. The van der Waals surface area contributed by atoms with Gasteiger partial charge < -0.3 is 10.4 Å². The molecule has 0 bridgehead atoms. The fourth-order valence-electron chi connectivity index (χ4n) is 1.54. The van der Waals surface area contributed by atoms with E-state index >= 15 is 0 Å². The van der Waals surface area contributed by atoms with Crippen molar-refractivity contribution < 1.29 is 14.7 Å². The summed E-state index contributed by atoms with van der Waals surface area (Å²) < 4.78 is 0. The quantitative estimate of drug-likeness (QED) is 0.800. The van der Waals surface area contributed by atoms with Crippen molar-refractivity contribution in [1.82, 2.24) is 10.2 Å². The summed E-state index contributed by atoms with van der Waals surface area (Å²) in [6, 6.07) is 3.82. The van der Waals surface area contributed by atoms with Crippen LogP contribution < -0.4 is 10.6 Å². The maximum Gasteiger partial charge on any atom is 0.339 e. The van der Waals surface area contributed by atoms with Gasteiger partial charge in [0.15, 0.2) is 0 Å². The summed E-state index contributed by atoms with van der Waals surface area (Å²) in [4.78, 5) is 23.0. The molecule has 0 aliphatic carbocycles. The van der Waals surface area contributed by atoms with Crippen molar-refractivity contribution in [3.63, 3.8) is 0 Å². The molecule has 21 heavy (non-hydrogen) atoms. The van der Waals surface area contributed by atoms with Gasteiger partial charge >= 0.3 is 12.0 Å². The molecule has 1 heterocycles. The van der Waals surface area contributed by atoms with Gasteiger partial charge in [0.2, 0.25) is 5.13 Å². The SMILES string of the molecule is CCc1nnc(NC(=O)Nc2cccc(Cl)c2C(=O)O)s1. The van der Waals surface area contributed by atoms with E-state index in [0.717, 1.165) is 11.4 Å². The maximum atomic E-state index is 11.8. The predicted octanol–water partition coefficient (Wildman–Crippen LogP) is 3.10. The third-order valence-corrected chi connectivity index (χ3v) is 3.76. The van der Waals surface area contributed by atoms with E-state index in [1.165, 1.54) is 23.5 Å². The van der Waals surface area contributed by atoms with E-state index in [2.05, 4.69) is 20.8 Å². The molecule has 2 amide bonds. The molecule has 7 nitrogen and oxygen atoms in total. The number of aryl methyl sites for hydroxylation is 1. The standard InChI is InChI=1S/C12H11ClN4O3S/c1-2-8-16-17-12(21-8)15-11(20)14-7-5-3-4-6(13)9(7)10(18)19/h3-5H,2H2,1H3,(H,18,19)(H2,14,15,17,20). The zero-order chi connectivity index (χ0) is 15.4. The molecule has 2 rings (SSSR count). The Morgan fingerprint density at radius 3 is 2.71 bits per heavy atom. The first kappa shape index (κ1) is 15.2. The zero-order valence-electron chi connectivity index (χ0n) is 10.9. The number of rotatable bonds is 4. The van der Waals surface area contributed by atoms with Crippen LogP contribution in [0.25, 0.3) is 0 Å². The first-order valence-corrected chi connectivity index (χ1v) is 7.13. The number of nitrogens with zero attached hydrogens (tertiary/aromatic N) is 2. The third kappa shape index (κ3) is 3.67. The minimum Gasteiger partial charge on any atom is -0.478 e. The van der Waals surface area contributed by atoms with Crippen LogP contribution in [0.2, 0.25) is 5.02 Å². The normalized spacial score (nSPS) is 10.2. The monoisotopic (exact) mass is 326 g/mol. The number of hydrogen-bond acceptors (Lipinski definition) is 5. The number of nitrogens with one attached hydrogen (secondary N) is 2. The molecular weight excluding hydrogens is 316 g/mol. The Hall–Kier alpha value is -2.19. The summed E-state index contributed by atoms with van der Waals surface area (Å²) in [7, 11) is 0. The molecule has 0 radical (unpaired) electrons. The van der Waals surface area contributed by atoms with E-state index in [1.807, 2.05) is 6.92 Å². The summed E-state index contributed by atoms with van der Waals surface area (Å²) in [6.07, 6.45) is 0.721. The van der Waals surface area contributed by atoms with Gasteiger partial charge in [-0.15, -0.1) is 10.2 Å². The molecule has 2 aromatic rings. The van der Waals surface area contributed by atoms with Crippen molar-refractivity contribution in [1.29, 1.82) is 0 Å². The van der Waals surface area contributed by atoms with Crippen LogP contribution in [0.4, 0.5) is 15.6 Å². The van der Waals surface area contributed by atoms with E-state index in [-0.39, 0.29) is 16.3 Å². The largest absolute Gasteiger partial charge is 0.478 e. The van der Waals surface area contributed by atoms with Gasteiger partial charge in [-0.1, -0.05) is 35.9 Å². The van der Waals surface area contributed by atoms with Gasteiger partial charge in [0, 0.05) is 0 Å². The van der Waals surface area contributed by atoms with Crippen LogP contribution in [0.5, 0.6) is 0 Å². The van der Waals surface area contributed by atoms with Crippen LogP contribution in [-0.2, 0) is 6.42 Å². The molecule has 0 saturated heterocycles. The lowest BCUT2D eigenvalue weighted by atomic mass is 10.2. The van der Waals surface area contributed by atoms with Crippen molar-refractivity contribution in [3.05, 3.63) is 33.8 Å². The number of halogens is 1.